The molecule has 0 aromatic carbocycles. The van der Waals surface area contributed by atoms with Gasteiger partial charge in [-0.3, -0.25) is 0 Å². The Balaban J connectivity index is 3.40. The first-order chi connectivity index (χ1) is 4.72. The van der Waals surface area contributed by atoms with Crippen molar-refractivity contribution in [2.24, 2.45) is 0 Å². The highest BCUT2D eigenvalue weighted by Crippen LogP contribution is 1.98. The molecular weight excluding hydrogens is 124 g/mol. The van der Waals surface area contributed by atoms with Gasteiger partial charge in [0.2, 0.25) is 0 Å². The number of nitrogens with zero attached hydrogens (tertiary/aromatic N) is 1. The van der Waals surface area contributed by atoms with E-state index in [4.69, 9.17) is 0 Å². The zero-order chi connectivity index (χ0) is 7.98. The van der Waals surface area contributed by atoms with Crippen LogP contribution in [-0.4, -0.2) is 31.6 Å². The van der Waals surface area contributed by atoms with Crippen molar-refractivity contribution in [3.05, 3.63) is 12.8 Å². The van der Waals surface area contributed by atoms with E-state index >= 15 is 0 Å². The highest BCUT2D eigenvalue weighted by atomic mass is 15.1. The summed E-state index contributed by atoms with van der Waals surface area (Å²) in [5.74, 6) is 0. The molecule has 2 heteroatoms. The van der Waals surface area contributed by atoms with E-state index in [9.17, 15) is 0 Å². The molecule has 10 heavy (non-hydrogen) atoms. The minimum absolute atomic E-state index is 0.588. The number of nitrogens with one attached hydrogen (secondary N) is 1. The summed E-state index contributed by atoms with van der Waals surface area (Å²) in [7, 11) is 4.02. The van der Waals surface area contributed by atoms with Crippen LogP contribution in [-0.2, 0) is 0 Å². The van der Waals surface area contributed by atoms with Crippen LogP contribution in [0.1, 0.15) is 13.3 Å². The Morgan fingerprint density at radius 3 is 2.70 bits per heavy atom. The summed E-state index contributed by atoms with van der Waals surface area (Å²) in [4.78, 5) is 2.12. The van der Waals surface area contributed by atoms with Crippen molar-refractivity contribution in [3.63, 3.8) is 0 Å². The largest absolute Gasteiger partial charge is 0.378 e. The highest BCUT2D eigenvalue weighted by molar-refractivity contribution is 4.73. The molecule has 1 N–H and O–H groups in total. The Bertz CT molecular complexity index is 91.3. The van der Waals surface area contributed by atoms with Gasteiger partial charge >= 0.3 is 0 Å². The summed E-state index contributed by atoms with van der Waals surface area (Å²) in [6.45, 7) is 6.96. The van der Waals surface area contributed by atoms with Gasteiger partial charge in [0, 0.05) is 13.1 Å². The van der Waals surface area contributed by atoms with Crippen LogP contribution in [0.3, 0.4) is 0 Å². The number of hydrogen-bond acceptors (Lipinski definition) is 2. The Hall–Kier alpha value is -0.500. The molecular formula is C8H18N2. The van der Waals surface area contributed by atoms with Gasteiger partial charge in [-0.1, -0.05) is 6.58 Å². The van der Waals surface area contributed by atoms with Crippen LogP contribution in [0.2, 0.25) is 0 Å². The third kappa shape index (κ3) is 3.51. The average Bonchev–Trinajstić information content (AvgIpc) is 1.98. The maximum atomic E-state index is 3.70. The van der Waals surface area contributed by atoms with Gasteiger partial charge in [-0.25, -0.2) is 0 Å². The molecule has 60 valence electrons. The molecule has 1 atom stereocenters. The van der Waals surface area contributed by atoms with Crippen LogP contribution in [0.15, 0.2) is 12.8 Å². The van der Waals surface area contributed by atoms with Gasteiger partial charge in [-0.2, -0.15) is 0 Å². The van der Waals surface area contributed by atoms with Crippen LogP contribution in [0.25, 0.3) is 0 Å². The summed E-state index contributed by atoms with van der Waals surface area (Å²) in [5.41, 5.74) is 0. The maximum absolute atomic E-state index is 3.70. The first-order valence-electron chi connectivity index (χ1n) is 3.71. The van der Waals surface area contributed by atoms with Gasteiger partial charge in [0.1, 0.15) is 0 Å². The lowest BCUT2D eigenvalue weighted by atomic mass is 10.2. The van der Waals surface area contributed by atoms with Gasteiger partial charge in [0.15, 0.2) is 0 Å². The predicted octanol–water partition coefficient (Wildman–Crippen LogP) is 1.06. The molecule has 0 radical (unpaired) electrons. The number of hydrogen-bond donors (Lipinski definition) is 1. The molecule has 0 aliphatic carbocycles. The smallest absolute Gasteiger partial charge is 0.0264 e. The Morgan fingerprint density at radius 1 is 1.70 bits per heavy atom. The lowest BCUT2D eigenvalue weighted by Gasteiger charge is -2.22. The van der Waals surface area contributed by atoms with E-state index in [1.54, 1.807) is 0 Å². The zero-order valence-corrected chi connectivity index (χ0v) is 7.22. The Morgan fingerprint density at radius 2 is 2.30 bits per heavy atom. The van der Waals surface area contributed by atoms with E-state index in [0.29, 0.717) is 6.04 Å². The second-order valence-corrected chi connectivity index (χ2v) is 2.59. The molecule has 0 saturated heterocycles. The summed E-state index contributed by atoms with van der Waals surface area (Å²) in [6.07, 6.45) is 3.03. The van der Waals surface area contributed by atoms with Gasteiger partial charge in [-0.05, 0) is 33.1 Å². The standard InChI is InChI=1S/C8H18N2/c1-5-10(4)8(2)6-7-9-3/h5,8-9H,1,6-7H2,2-4H3. The van der Waals surface area contributed by atoms with E-state index in [2.05, 4.69) is 23.7 Å². The molecule has 0 heterocycles. The molecule has 0 amide bonds. The lowest BCUT2D eigenvalue weighted by molar-refractivity contribution is 0.333. The summed E-state index contributed by atoms with van der Waals surface area (Å²) in [5, 5.41) is 3.12. The fourth-order valence-corrected chi connectivity index (χ4v) is 0.737. The molecule has 0 fully saturated rings. The quantitative estimate of drug-likeness (QED) is 0.617. The average molecular weight is 142 g/mol. The van der Waals surface area contributed by atoms with Crippen molar-refractivity contribution < 1.29 is 0 Å². The minimum atomic E-state index is 0.588. The van der Waals surface area contributed by atoms with E-state index in [0.717, 1.165) is 6.54 Å². The number of rotatable bonds is 5. The zero-order valence-electron chi connectivity index (χ0n) is 7.22. The van der Waals surface area contributed by atoms with Crippen molar-refractivity contribution in [2.45, 2.75) is 19.4 Å². The second kappa shape index (κ2) is 5.30. The van der Waals surface area contributed by atoms with Crippen LogP contribution in [0, 0.1) is 0 Å². The molecule has 0 saturated carbocycles. The Kier molecular flexibility index (Phi) is 5.03. The molecule has 0 spiro atoms. The summed E-state index contributed by atoms with van der Waals surface area (Å²) in [6, 6.07) is 0.588. The van der Waals surface area contributed by atoms with Crippen LogP contribution >= 0.6 is 0 Å². The van der Waals surface area contributed by atoms with Gasteiger partial charge in [0.25, 0.3) is 0 Å². The molecule has 1 unspecified atom stereocenters. The Labute approximate surface area is 63.9 Å². The summed E-state index contributed by atoms with van der Waals surface area (Å²) >= 11 is 0. The molecule has 0 bridgehead atoms. The normalized spacial score (nSPS) is 12.7. The first-order valence-corrected chi connectivity index (χ1v) is 3.71. The van der Waals surface area contributed by atoms with Gasteiger partial charge < -0.3 is 10.2 Å². The van der Waals surface area contributed by atoms with E-state index in [1.807, 2.05) is 20.3 Å². The fourth-order valence-electron chi connectivity index (χ4n) is 0.737. The molecule has 0 aromatic heterocycles. The lowest BCUT2D eigenvalue weighted by Crippen LogP contribution is -2.26. The molecule has 0 rings (SSSR count). The first kappa shape index (κ1) is 9.50. The van der Waals surface area contributed by atoms with Gasteiger partial charge in [-0.15, -0.1) is 0 Å². The van der Waals surface area contributed by atoms with E-state index in [1.165, 1.54) is 6.42 Å². The maximum Gasteiger partial charge on any atom is 0.0264 e. The molecule has 2 nitrogen and oxygen atoms in total. The highest BCUT2D eigenvalue weighted by Gasteiger charge is 2.01. The topological polar surface area (TPSA) is 15.3 Å². The molecule has 0 aliphatic rings. The van der Waals surface area contributed by atoms with Crippen LogP contribution in [0.5, 0.6) is 0 Å². The van der Waals surface area contributed by atoms with Crippen molar-refractivity contribution in [1.82, 2.24) is 10.2 Å². The monoisotopic (exact) mass is 142 g/mol. The van der Waals surface area contributed by atoms with E-state index < -0.39 is 0 Å². The molecule has 0 aromatic rings. The minimum Gasteiger partial charge on any atom is -0.378 e. The third-order valence-electron chi connectivity index (χ3n) is 1.80. The SMILES string of the molecule is C=CN(C)C(C)CCNC. The second-order valence-electron chi connectivity index (χ2n) is 2.59. The van der Waals surface area contributed by atoms with Gasteiger partial charge in [0.05, 0.1) is 0 Å². The van der Waals surface area contributed by atoms with Crippen LogP contribution in [0.4, 0.5) is 0 Å². The third-order valence-corrected chi connectivity index (χ3v) is 1.80. The van der Waals surface area contributed by atoms with Crippen molar-refractivity contribution in [3.8, 4) is 0 Å². The van der Waals surface area contributed by atoms with Crippen molar-refractivity contribution >= 4 is 0 Å². The van der Waals surface area contributed by atoms with Crippen LogP contribution < -0.4 is 5.32 Å². The van der Waals surface area contributed by atoms with E-state index in [-0.39, 0.29) is 0 Å². The fraction of sp³-hybridized carbons (Fsp3) is 0.750. The van der Waals surface area contributed by atoms with Crippen molar-refractivity contribution in [2.75, 3.05) is 20.6 Å². The van der Waals surface area contributed by atoms with Crippen molar-refractivity contribution in [1.29, 1.82) is 0 Å². The predicted molar refractivity (Wildman–Crippen MR) is 46.0 cm³/mol. The summed E-state index contributed by atoms with van der Waals surface area (Å²) < 4.78 is 0. The molecule has 0 aliphatic heterocycles.